The molecular weight excluding hydrogens is 476 g/mol. The summed E-state index contributed by atoms with van der Waals surface area (Å²) in [6.07, 6.45) is 0. The lowest BCUT2D eigenvalue weighted by molar-refractivity contribution is -0.384. The lowest BCUT2D eigenvalue weighted by Crippen LogP contribution is -2.21. The van der Waals surface area contributed by atoms with E-state index in [0.717, 1.165) is 11.3 Å². The number of thiophene rings is 1. The van der Waals surface area contributed by atoms with E-state index in [9.17, 15) is 24.5 Å². The van der Waals surface area contributed by atoms with Crippen LogP contribution >= 0.6 is 11.3 Å². The van der Waals surface area contributed by atoms with Gasteiger partial charge in [0.25, 0.3) is 11.6 Å². The fourth-order valence-corrected chi connectivity index (χ4v) is 4.36. The summed E-state index contributed by atoms with van der Waals surface area (Å²) in [5.41, 5.74) is -0.224. The number of anilines is 1. The SMILES string of the molecule is CCOC(=O)c1c(-c2cccc([N+](=O)[O-])c2)csc1NC(=O)c1cc2cc(OC)ccc2oc1=O. The molecule has 0 unspecified atom stereocenters. The Bertz CT molecular complexity index is 1520. The lowest BCUT2D eigenvalue weighted by Gasteiger charge is -2.09. The molecule has 2 aromatic heterocycles. The molecule has 0 radical (unpaired) electrons. The van der Waals surface area contributed by atoms with Gasteiger partial charge in [-0.25, -0.2) is 9.59 Å². The van der Waals surface area contributed by atoms with Crippen molar-refractivity contribution in [3.63, 3.8) is 0 Å². The second kappa shape index (κ2) is 9.77. The van der Waals surface area contributed by atoms with Crippen molar-refractivity contribution in [2.75, 3.05) is 19.0 Å². The van der Waals surface area contributed by atoms with Gasteiger partial charge in [-0.15, -0.1) is 11.3 Å². The van der Waals surface area contributed by atoms with Crippen molar-refractivity contribution in [2.45, 2.75) is 6.92 Å². The number of hydrogen-bond acceptors (Lipinski definition) is 9. The van der Waals surface area contributed by atoms with Gasteiger partial charge in [0.2, 0.25) is 0 Å². The van der Waals surface area contributed by atoms with Gasteiger partial charge in [-0.3, -0.25) is 14.9 Å². The van der Waals surface area contributed by atoms with E-state index in [-0.39, 0.29) is 34.0 Å². The van der Waals surface area contributed by atoms with Gasteiger partial charge >= 0.3 is 11.6 Å². The predicted octanol–water partition coefficient (Wildman–Crippen LogP) is 4.87. The average Bonchev–Trinajstić information content (AvgIpc) is 3.27. The molecule has 0 saturated heterocycles. The maximum absolute atomic E-state index is 13.0. The molecule has 0 aliphatic carbocycles. The third-order valence-electron chi connectivity index (χ3n) is 5.05. The van der Waals surface area contributed by atoms with Gasteiger partial charge in [0.05, 0.1) is 18.6 Å². The molecule has 11 heteroatoms. The average molecular weight is 494 g/mol. The summed E-state index contributed by atoms with van der Waals surface area (Å²) in [4.78, 5) is 48.9. The number of methoxy groups -OCH3 is 1. The van der Waals surface area contributed by atoms with Crippen LogP contribution in [-0.2, 0) is 4.74 Å². The highest BCUT2D eigenvalue weighted by Gasteiger charge is 2.25. The fourth-order valence-electron chi connectivity index (χ4n) is 3.41. The summed E-state index contributed by atoms with van der Waals surface area (Å²) in [6.45, 7) is 1.71. The van der Waals surface area contributed by atoms with Crippen molar-refractivity contribution in [3.05, 3.63) is 85.6 Å². The van der Waals surface area contributed by atoms with Crippen LogP contribution in [0.4, 0.5) is 10.7 Å². The number of non-ortho nitro benzene ring substituents is 1. The minimum absolute atomic E-state index is 0.0255. The molecule has 2 aromatic carbocycles. The Balaban J connectivity index is 1.75. The molecule has 4 rings (SSSR count). The van der Waals surface area contributed by atoms with Crippen LogP contribution < -0.4 is 15.7 Å². The van der Waals surface area contributed by atoms with Crippen molar-refractivity contribution in [2.24, 2.45) is 0 Å². The molecule has 0 spiro atoms. The Morgan fingerprint density at radius 1 is 1.17 bits per heavy atom. The van der Waals surface area contributed by atoms with Crippen LogP contribution in [0.3, 0.4) is 0 Å². The zero-order chi connectivity index (χ0) is 25.1. The second-order valence-corrected chi connectivity index (χ2v) is 8.07. The molecule has 0 fully saturated rings. The number of ether oxygens (including phenoxy) is 2. The topological polar surface area (TPSA) is 138 Å². The first-order valence-corrected chi connectivity index (χ1v) is 11.2. The number of nitrogens with one attached hydrogen (secondary N) is 1. The largest absolute Gasteiger partial charge is 0.497 e. The molecule has 35 heavy (non-hydrogen) atoms. The fraction of sp³-hybridized carbons (Fsp3) is 0.125. The quantitative estimate of drug-likeness (QED) is 0.166. The summed E-state index contributed by atoms with van der Waals surface area (Å²) in [7, 11) is 1.49. The normalized spacial score (nSPS) is 10.7. The number of fused-ring (bicyclic) bond motifs is 1. The molecule has 0 atom stereocenters. The minimum atomic E-state index is -0.853. The van der Waals surface area contributed by atoms with Gasteiger partial charge in [0, 0.05) is 28.5 Å². The maximum atomic E-state index is 13.0. The number of amides is 1. The number of nitrogens with zero attached hydrogens (tertiary/aromatic N) is 1. The van der Waals surface area contributed by atoms with Gasteiger partial charge in [0.15, 0.2) is 0 Å². The van der Waals surface area contributed by atoms with Gasteiger partial charge in [0.1, 0.15) is 27.5 Å². The Morgan fingerprint density at radius 3 is 2.69 bits per heavy atom. The van der Waals surface area contributed by atoms with Crippen LogP contribution in [0.15, 0.2) is 63.1 Å². The molecule has 10 nitrogen and oxygen atoms in total. The van der Waals surface area contributed by atoms with Gasteiger partial charge in [-0.2, -0.15) is 0 Å². The first-order valence-electron chi connectivity index (χ1n) is 10.3. The molecular formula is C24H18N2O8S. The van der Waals surface area contributed by atoms with Crippen molar-refractivity contribution in [1.29, 1.82) is 0 Å². The van der Waals surface area contributed by atoms with E-state index in [1.165, 1.54) is 31.4 Å². The maximum Gasteiger partial charge on any atom is 0.349 e. The van der Waals surface area contributed by atoms with Crippen molar-refractivity contribution in [3.8, 4) is 16.9 Å². The summed E-state index contributed by atoms with van der Waals surface area (Å²) < 4.78 is 15.6. The minimum Gasteiger partial charge on any atom is -0.497 e. The van der Waals surface area contributed by atoms with Crippen LogP contribution in [-0.4, -0.2) is 30.5 Å². The van der Waals surface area contributed by atoms with Crippen molar-refractivity contribution < 1.29 is 28.4 Å². The highest BCUT2D eigenvalue weighted by atomic mass is 32.1. The molecule has 1 N–H and O–H groups in total. The highest BCUT2D eigenvalue weighted by molar-refractivity contribution is 7.15. The molecule has 1 amide bonds. The van der Waals surface area contributed by atoms with Gasteiger partial charge < -0.3 is 19.2 Å². The Labute approximate surface area is 201 Å². The lowest BCUT2D eigenvalue weighted by atomic mass is 10.0. The zero-order valence-electron chi connectivity index (χ0n) is 18.5. The molecule has 2 heterocycles. The van der Waals surface area contributed by atoms with E-state index >= 15 is 0 Å². The first-order chi connectivity index (χ1) is 16.8. The number of nitro benzene ring substituents is 1. The number of rotatable bonds is 7. The second-order valence-electron chi connectivity index (χ2n) is 7.19. The molecule has 0 saturated carbocycles. The number of nitro groups is 1. The summed E-state index contributed by atoms with van der Waals surface area (Å²) in [5, 5.41) is 16.0. The summed E-state index contributed by atoms with van der Waals surface area (Å²) in [6, 6.07) is 11.9. The number of hydrogen-bond donors (Lipinski definition) is 1. The van der Waals surface area contributed by atoms with E-state index in [2.05, 4.69) is 5.32 Å². The standard InChI is InChI=1S/C24H18N2O8S/c1-3-33-24(29)20-18(13-5-4-6-15(9-13)26(30)31)12-35-22(20)25-21(27)17-11-14-10-16(32-2)7-8-19(14)34-23(17)28/h4-12H,3H2,1-2H3,(H,25,27). The van der Waals surface area contributed by atoms with E-state index < -0.39 is 22.4 Å². The van der Waals surface area contributed by atoms with Crippen LogP contribution in [0, 0.1) is 10.1 Å². The number of carbonyl (C=O) groups is 2. The number of esters is 1. The highest BCUT2D eigenvalue weighted by Crippen LogP contribution is 2.37. The van der Waals surface area contributed by atoms with Crippen LogP contribution in [0.1, 0.15) is 27.6 Å². The predicted molar refractivity (Wildman–Crippen MR) is 129 cm³/mol. The number of benzene rings is 2. The number of carbonyl (C=O) groups excluding carboxylic acids is 2. The van der Waals surface area contributed by atoms with E-state index in [0.29, 0.717) is 22.3 Å². The molecule has 4 aromatic rings. The monoisotopic (exact) mass is 494 g/mol. The Kier molecular flexibility index (Phi) is 6.60. The van der Waals surface area contributed by atoms with Crippen LogP contribution in [0.25, 0.3) is 22.1 Å². The molecule has 178 valence electrons. The Morgan fingerprint density at radius 2 is 1.97 bits per heavy atom. The van der Waals surface area contributed by atoms with Crippen LogP contribution in [0.5, 0.6) is 5.75 Å². The third-order valence-corrected chi connectivity index (χ3v) is 5.95. The van der Waals surface area contributed by atoms with E-state index in [1.54, 1.807) is 36.6 Å². The van der Waals surface area contributed by atoms with E-state index in [1.807, 2.05) is 0 Å². The first kappa shape index (κ1) is 23.6. The zero-order valence-corrected chi connectivity index (χ0v) is 19.3. The summed E-state index contributed by atoms with van der Waals surface area (Å²) in [5.74, 6) is -0.996. The molecule has 0 bridgehead atoms. The third kappa shape index (κ3) is 4.75. The van der Waals surface area contributed by atoms with Crippen LogP contribution in [0.2, 0.25) is 0 Å². The molecule has 0 aliphatic rings. The molecule has 0 aliphatic heterocycles. The van der Waals surface area contributed by atoms with Crippen molar-refractivity contribution in [1.82, 2.24) is 0 Å². The Hall–Kier alpha value is -4.51. The summed E-state index contributed by atoms with van der Waals surface area (Å²) >= 11 is 1.02. The van der Waals surface area contributed by atoms with Gasteiger partial charge in [-0.1, -0.05) is 12.1 Å². The smallest absolute Gasteiger partial charge is 0.349 e. The van der Waals surface area contributed by atoms with Gasteiger partial charge in [-0.05, 0) is 36.8 Å². The van der Waals surface area contributed by atoms with Crippen molar-refractivity contribution >= 4 is 44.9 Å². The van der Waals surface area contributed by atoms with E-state index in [4.69, 9.17) is 13.9 Å².